The van der Waals surface area contributed by atoms with E-state index in [0.29, 0.717) is 25.1 Å². The second kappa shape index (κ2) is 11.5. The number of thiol groups is 1. The van der Waals surface area contributed by atoms with Gasteiger partial charge in [-0.15, -0.1) is 0 Å². The van der Waals surface area contributed by atoms with E-state index in [1.165, 1.54) is 17.4 Å². The van der Waals surface area contributed by atoms with Crippen LogP contribution in [0.4, 0.5) is 0 Å². The Kier molecular flexibility index (Phi) is 9.02. The molecule has 8 N–H and O–H groups in total. The fraction of sp³-hybridized carbons (Fsp3) is 0.556. The van der Waals surface area contributed by atoms with Crippen LogP contribution in [-0.2, 0) is 30.4 Å². The Balaban J connectivity index is 2.10. The van der Waals surface area contributed by atoms with Crippen molar-refractivity contribution in [1.29, 1.82) is 0 Å². The van der Waals surface area contributed by atoms with Crippen molar-refractivity contribution in [2.24, 2.45) is 11.5 Å². The molecule has 4 atom stereocenters. The van der Waals surface area contributed by atoms with Gasteiger partial charge >= 0.3 is 5.97 Å². The number of aliphatic carboxylic acids is 1. The molecular weight excluding hydrogens is 442 g/mol. The number of nitrogens with one attached hydrogen (secondary N) is 3. The van der Waals surface area contributed by atoms with Crippen molar-refractivity contribution in [3.63, 3.8) is 0 Å². The second-order valence-electron chi connectivity index (χ2n) is 7.39. The van der Waals surface area contributed by atoms with Crippen LogP contribution in [0.3, 0.4) is 0 Å². The van der Waals surface area contributed by atoms with Crippen molar-refractivity contribution < 1.29 is 29.1 Å². The van der Waals surface area contributed by atoms with E-state index in [9.17, 15) is 29.1 Å². The molecular formula is C18H27N7O6S. The first-order chi connectivity index (χ1) is 15.1. The molecule has 2 rings (SSSR count). The number of likely N-dealkylation sites (tertiary alicyclic amines) is 1. The average molecular weight is 470 g/mol. The van der Waals surface area contributed by atoms with Crippen molar-refractivity contribution in [2.75, 3.05) is 12.3 Å². The highest BCUT2D eigenvalue weighted by Crippen LogP contribution is 2.19. The fourth-order valence-corrected chi connectivity index (χ4v) is 3.52. The number of imidazole rings is 1. The third-order valence-electron chi connectivity index (χ3n) is 4.98. The van der Waals surface area contributed by atoms with Gasteiger partial charge in [0.1, 0.15) is 18.1 Å². The molecule has 1 saturated heterocycles. The Labute approximate surface area is 189 Å². The maximum atomic E-state index is 12.8. The monoisotopic (exact) mass is 469 g/mol. The van der Waals surface area contributed by atoms with Crippen LogP contribution in [0.5, 0.6) is 0 Å². The predicted molar refractivity (Wildman–Crippen MR) is 114 cm³/mol. The molecule has 1 aromatic rings. The summed E-state index contributed by atoms with van der Waals surface area (Å²) in [4.78, 5) is 68.8. The number of carboxylic acids is 1. The standard InChI is InChI=1S/C18H27N7O6S/c19-10(7-32)17(29)25-3-1-2-13(25)16(28)23-11(5-14(20)26)15(27)24-12(18(30)31)4-9-6-21-8-22-9/h6,8,10-13,32H,1-5,7,19H2,(H2,20,26)(H,21,22)(H,23,28)(H,24,27)(H,30,31). The first-order valence-corrected chi connectivity index (χ1v) is 10.5. The summed E-state index contributed by atoms with van der Waals surface area (Å²) in [5, 5.41) is 14.1. The molecule has 1 aromatic heterocycles. The zero-order valence-corrected chi connectivity index (χ0v) is 18.1. The van der Waals surface area contributed by atoms with E-state index in [1.807, 2.05) is 0 Å². The number of hydrogen-bond acceptors (Lipinski definition) is 8. The Hall–Kier alpha value is -3.13. The molecule has 0 bridgehead atoms. The number of primary amides is 1. The molecule has 0 spiro atoms. The van der Waals surface area contributed by atoms with Gasteiger partial charge in [-0.2, -0.15) is 12.6 Å². The Bertz CT molecular complexity index is 849. The number of carbonyl (C=O) groups excluding carboxylic acids is 4. The predicted octanol–water partition coefficient (Wildman–Crippen LogP) is -2.87. The number of rotatable bonds is 11. The number of carbonyl (C=O) groups is 5. The van der Waals surface area contributed by atoms with Gasteiger partial charge in [0, 0.05) is 30.6 Å². The van der Waals surface area contributed by atoms with E-state index in [2.05, 4.69) is 33.2 Å². The molecule has 1 fully saturated rings. The van der Waals surface area contributed by atoms with Gasteiger partial charge in [0.05, 0.1) is 18.8 Å². The number of hydrogen-bond donors (Lipinski definition) is 7. The number of H-pyrrole nitrogens is 1. The number of carboxylic acid groups (broad SMARTS) is 1. The lowest BCUT2D eigenvalue weighted by atomic mass is 10.1. The summed E-state index contributed by atoms with van der Waals surface area (Å²) in [6.07, 6.45) is 3.03. The smallest absolute Gasteiger partial charge is 0.326 e. The van der Waals surface area contributed by atoms with Crippen molar-refractivity contribution >= 4 is 42.2 Å². The van der Waals surface area contributed by atoms with Crippen molar-refractivity contribution in [1.82, 2.24) is 25.5 Å². The van der Waals surface area contributed by atoms with Crippen LogP contribution in [0.15, 0.2) is 12.5 Å². The van der Waals surface area contributed by atoms with Gasteiger partial charge in [0.2, 0.25) is 23.6 Å². The van der Waals surface area contributed by atoms with Gasteiger partial charge in [-0.25, -0.2) is 9.78 Å². The van der Waals surface area contributed by atoms with E-state index in [1.54, 1.807) is 0 Å². The first kappa shape index (κ1) is 25.1. The summed E-state index contributed by atoms with van der Waals surface area (Å²) in [7, 11) is 0. The Morgan fingerprint density at radius 1 is 1.28 bits per heavy atom. The highest BCUT2D eigenvalue weighted by atomic mass is 32.1. The molecule has 0 saturated carbocycles. The van der Waals surface area contributed by atoms with Gasteiger partial charge in [-0.1, -0.05) is 0 Å². The van der Waals surface area contributed by atoms with Crippen molar-refractivity contribution in [2.45, 2.75) is 49.9 Å². The third kappa shape index (κ3) is 6.68. The molecule has 176 valence electrons. The third-order valence-corrected chi connectivity index (χ3v) is 5.38. The molecule has 0 aliphatic carbocycles. The first-order valence-electron chi connectivity index (χ1n) is 9.90. The zero-order valence-electron chi connectivity index (χ0n) is 17.2. The topological polar surface area (TPSA) is 214 Å². The lowest BCUT2D eigenvalue weighted by molar-refractivity contribution is -0.143. The van der Waals surface area contributed by atoms with Gasteiger partial charge in [-0.05, 0) is 12.8 Å². The molecule has 4 unspecified atom stereocenters. The fourth-order valence-electron chi connectivity index (χ4n) is 3.36. The Morgan fingerprint density at radius 2 is 2.00 bits per heavy atom. The summed E-state index contributed by atoms with van der Waals surface area (Å²) in [5.74, 6) is -4.09. The number of nitrogens with zero attached hydrogens (tertiary/aromatic N) is 2. The van der Waals surface area contributed by atoms with Gasteiger partial charge < -0.3 is 37.1 Å². The number of aromatic amines is 1. The molecule has 2 heterocycles. The van der Waals surface area contributed by atoms with E-state index < -0.39 is 60.2 Å². The molecule has 0 radical (unpaired) electrons. The van der Waals surface area contributed by atoms with Gasteiger partial charge in [0.25, 0.3) is 0 Å². The summed E-state index contributed by atoms with van der Waals surface area (Å²) < 4.78 is 0. The Morgan fingerprint density at radius 3 is 2.56 bits per heavy atom. The summed E-state index contributed by atoms with van der Waals surface area (Å²) in [5.41, 5.74) is 11.4. The highest BCUT2D eigenvalue weighted by Gasteiger charge is 2.38. The minimum atomic E-state index is -1.42. The van der Waals surface area contributed by atoms with E-state index in [4.69, 9.17) is 11.5 Å². The van der Waals surface area contributed by atoms with Crippen LogP contribution in [-0.4, -0.2) is 86.0 Å². The maximum absolute atomic E-state index is 12.8. The molecule has 1 aliphatic heterocycles. The zero-order chi connectivity index (χ0) is 23.8. The largest absolute Gasteiger partial charge is 0.480 e. The number of aromatic nitrogens is 2. The number of nitrogens with two attached hydrogens (primary N) is 2. The summed E-state index contributed by atoms with van der Waals surface area (Å²) in [6.45, 7) is 0.316. The highest BCUT2D eigenvalue weighted by molar-refractivity contribution is 7.80. The van der Waals surface area contributed by atoms with Gasteiger partial charge in [-0.3, -0.25) is 19.2 Å². The normalized spacial score (nSPS) is 18.4. The quantitative estimate of drug-likeness (QED) is 0.167. The SMILES string of the molecule is NC(=O)CC(NC(=O)C1CCCN1C(=O)C(N)CS)C(=O)NC(Cc1cnc[nH]1)C(=O)O. The lowest BCUT2D eigenvalue weighted by Gasteiger charge is -2.28. The van der Waals surface area contributed by atoms with Crippen LogP contribution in [0.25, 0.3) is 0 Å². The number of amides is 4. The van der Waals surface area contributed by atoms with Crippen LogP contribution in [0.1, 0.15) is 25.0 Å². The molecule has 4 amide bonds. The van der Waals surface area contributed by atoms with Crippen molar-refractivity contribution in [3.05, 3.63) is 18.2 Å². The van der Waals surface area contributed by atoms with Crippen LogP contribution < -0.4 is 22.1 Å². The van der Waals surface area contributed by atoms with Crippen molar-refractivity contribution in [3.8, 4) is 0 Å². The van der Waals surface area contributed by atoms with E-state index >= 15 is 0 Å². The van der Waals surface area contributed by atoms with E-state index in [0.717, 1.165) is 0 Å². The molecule has 1 aliphatic rings. The molecule has 32 heavy (non-hydrogen) atoms. The van der Waals surface area contributed by atoms with Crippen LogP contribution in [0.2, 0.25) is 0 Å². The van der Waals surface area contributed by atoms with E-state index in [-0.39, 0.29) is 12.2 Å². The molecule has 0 aromatic carbocycles. The van der Waals surface area contributed by atoms with Crippen LogP contribution in [0, 0.1) is 0 Å². The lowest BCUT2D eigenvalue weighted by Crippen LogP contribution is -2.57. The summed E-state index contributed by atoms with van der Waals surface area (Å²) >= 11 is 4.00. The minimum Gasteiger partial charge on any atom is -0.480 e. The maximum Gasteiger partial charge on any atom is 0.326 e. The molecule has 13 nitrogen and oxygen atoms in total. The van der Waals surface area contributed by atoms with Crippen LogP contribution >= 0.6 is 12.6 Å². The molecule has 14 heteroatoms. The van der Waals surface area contributed by atoms with Gasteiger partial charge in [0.15, 0.2) is 0 Å². The second-order valence-corrected chi connectivity index (χ2v) is 7.76. The summed E-state index contributed by atoms with van der Waals surface area (Å²) in [6, 6.07) is -4.51. The average Bonchev–Trinajstić information content (AvgIpc) is 3.43. The minimum absolute atomic E-state index is 0.0924.